The number of benzene rings is 1. The number of nitrogens with zero attached hydrogens (tertiary/aromatic N) is 1. The first-order chi connectivity index (χ1) is 11.8. The minimum absolute atomic E-state index is 0.138. The van der Waals surface area contributed by atoms with Gasteiger partial charge in [-0.25, -0.2) is 0 Å². The van der Waals surface area contributed by atoms with Gasteiger partial charge in [0.15, 0.2) is 0 Å². The number of likely N-dealkylation sites (tertiary alicyclic amines) is 1. The van der Waals surface area contributed by atoms with Crippen molar-refractivity contribution in [2.45, 2.75) is 51.6 Å². The molecular formula is C20H31N3O. The van der Waals surface area contributed by atoms with E-state index in [1.165, 1.54) is 49.9 Å². The van der Waals surface area contributed by atoms with Gasteiger partial charge >= 0.3 is 0 Å². The van der Waals surface area contributed by atoms with Gasteiger partial charge in [-0.1, -0.05) is 37.1 Å². The highest BCUT2D eigenvalue weighted by Gasteiger charge is 2.20. The number of amides is 1. The summed E-state index contributed by atoms with van der Waals surface area (Å²) in [5.41, 5.74) is 2.57. The van der Waals surface area contributed by atoms with Gasteiger partial charge in [0.25, 0.3) is 0 Å². The van der Waals surface area contributed by atoms with Gasteiger partial charge < -0.3 is 10.6 Å². The SMILES string of the molecule is O=C(NCc1cccc(CN2CCCCCC2)c1)C1CCCNC1. The summed E-state index contributed by atoms with van der Waals surface area (Å²) >= 11 is 0. The first-order valence-electron chi connectivity index (χ1n) is 9.60. The Kier molecular flexibility index (Phi) is 6.67. The molecule has 0 radical (unpaired) electrons. The molecule has 1 aromatic rings. The van der Waals surface area contributed by atoms with Crippen LogP contribution in [0.5, 0.6) is 0 Å². The predicted octanol–water partition coefficient (Wildman–Crippen LogP) is 2.68. The molecule has 2 saturated heterocycles. The second kappa shape index (κ2) is 9.19. The van der Waals surface area contributed by atoms with Crippen LogP contribution in [0.3, 0.4) is 0 Å². The summed E-state index contributed by atoms with van der Waals surface area (Å²) in [6.07, 6.45) is 7.50. The normalized spacial score (nSPS) is 22.8. The highest BCUT2D eigenvalue weighted by Crippen LogP contribution is 2.15. The molecule has 0 aromatic heterocycles. The van der Waals surface area contributed by atoms with Crippen LogP contribution in [0.1, 0.15) is 49.7 Å². The van der Waals surface area contributed by atoms with E-state index in [2.05, 4.69) is 39.8 Å². The monoisotopic (exact) mass is 329 g/mol. The molecule has 1 aromatic carbocycles. The van der Waals surface area contributed by atoms with Gasteiger partial charge in [0.05, 0.1) is 5.92 Å². The summed E-state index contributed by atoms with van der Waals surface area (Å²) in [7, 11) is 0. The minimum Gasteiger partial charge on any atom is -0.352 e. The van der Waals surface area contributed by atoms with Crippen molar-refractivity contribution in [2.75, 3.05) is 26.2 Å². The average Bonchev–Trinajstić information content (AvgIpc) is 2.89. The standard InChI is InChI=1S/C20H31N3O/c24-20(19-9-6-10-21-15-19)22-14-17-7-5-8-18(13-17)16-23-11-3-1-2-4-12-23/h5,7-8,13,19,21H,1-4,6,9-12,14-16H2,(H,22,24). The third kappa shape index (κ3) is 5.32. The maximum atomic E-state index is 12.3. The van der Waals surface area contributed by atoms with Gasteiger partial charge in [-0.15, -0.1) is 0 Å². The Morgan fingerprint density at radius 1 is 1.12 bits per heavy atom. The van der Waals surface area contributed by atoms with Crippen molar-refractivity contribution >= 4 is 5.91 Å². The summed E-state index contributed by atoms with van der Waals surface area (Å²) in [6.45, 7) is 5.98. The van der Waals surface area contributed by atoms with Crippen LogP contribution in [0.15, 0.2) is 24.3 Å². The zero-order valence-electron chi connectivity index (χ0n) is 14.7. The van der Waals surface area contributed by atoms with E-state index in [0.717, 1.165) is 32.5 Å². The third-order valence-corrected chi connectivity index (χ3v) is 5.23. The zero-order chi connectivity index (χ0) is 16.6. The van der Waals surface area contributed by atoms with Crippen molar-refractivity contribution in [2.24, 2.45) is 5.92 Å². The lowest BCUT2D eigenvalue weighted by Crippen LogP contribution is -2.40. The van der Waals surface area contributed by atoms with Crippen LogP contribution >= 0.6 is 0 Å². The molecule has 0 spiro atoms. The molecule has 0 saturated carbocycles. The number of piperidine rings is 1. The molecule has 2 heterocycles. The molecule has 4 heteroatoms. The number of nitrogens with one attached hydrogen (secondary N) is 2. The molecule has 1 unspecified atom stereocenters. The second-order valence-corrected chi connectivity index (χ2v) is 7.27. The minimum atomic E-state index is 0.138. The highest BCUT2D eigenvalue weighted by molar-refractivity contribution is 5.78. The average molecular weight is 329 g/mol. The number of rotatable bonds is 5. The molecule has 1 amide bonds. The van der Waals surface area contributed by atoms with Crippen molar-refractivity contribution in [1.29, 1.82) is 0 Å². The molecule has 0 aliphatic carbocycles. The van der Waals surface area contributed by atoms with Crippen LogP contribution in [0.2, 0.25) is 0 Å². The largest absolute Gasteiger partial charge is 0.352 e. The molecule has 2 fully saturated rings. The van der Waals surface area contributed by atoms with E-state index < -0.39 is 0 Å². The molecule has 24 heavy (non-hydrogen) atoms. The fraction of sp³-hybridized carbons (Fsp3) is 0.650. The fourth-order valence-electron chi connectivity index (χ4n) is 3.80. The number of carbonyl (C=O) groups is 1. The lowest BCUT2D eigenvalue weighted by atomic mass is 9.99. The van der Waals surface area contributed by atoms with Gasteiger partial charge in [-0.2, -0.15) is 0 Å². The molecule has 4 nitrogen and oxygen atoms in total. The van der Waals surface area contributed by atoms with Crippen molar-refractivity contribution in [3.8, 4) is 0 Å². The summed E-state index contributed by atoms with van der Waals surface area (Å²) in [4.78, 5) is 14.8. The topological polar surface area (TPSA) is 44.4 Å². The fourth-order valence-corrected chi connectivity index (χ4v) is 3.80. The van der Waals surface area contributed by atoms with Crippen molar-refractivity contribution in [3.05, 3.63) is 35.4 Å². The Hall–Kier alpha value is -1.39. The smallest absolute Gasteiger partial charge is 0.224 e. The Balaban J connectivity index is 1.50. The molecular weight excluding hydrogens is 298 g/mol. The number of hydrogen-bond acceptors (Lipinski definition) is 3. The van der Waals surface area contributed by atoms with Crippen LogP contribution in [0.25, 0.3) is 0 Å². The van der Waals surface area contributed by atoms with E-state index >= 15 is 0 Å². The van der Waals surface area contributed by atoms with Crippen LogP contribution in [0.4, 0.5) is 0 Å². The summed E-state index contributed by atoms with van der Waals surface area (Å²) in [5.74, 6) is 0.333. The van der Waals surface area contributed by atoms with E-state index in [-0.39, 0.29) is 11.8 Å². The quantitative estimate of drug-likeness (QED) is 0.873. The molecule has 0 bridgehead atoms. The van der Waals surface area contributed by atoms with Gasteiger partial charge in [-0.05, 0) is 56.4 Å². The van der Waals surface area contributed by atoms with E-state index in [0.29, 0.717) is 6.54 Å². The predicted molar refractivity (Wildman–Crippen MR) is 97.6 cm³/mol. The first kappa shape index (κ1) is 17.4. The van der Waals surface area contributed by atoms with Crippen molar-refractivity contribution < 1.29 is 4.79 Å². The second-order valence-electron chi connectivity index (χ2n) is 7.27. The Morgan fingerprint density at radius 2 is 1.92 bits per heavy atom. The van der Waals surface area contributed by atoms with E-state index in [4.69, 9.17) is 0 Å². The number of carbonyl (C=O) groups excluding carboxylic acids is 1. The van der Waals surface area contributed by atoms with Crippen LogP contribution < -0.4 is 10.6 Å². The van der Waals surface area contributed by atoms with Crippen molar-refractivity contribution in [1.82, 2.24) is 15.5 Å². The Morgan fingerprint density at radius 3 is 2.67 bits per heavy atom. The van der Waals surface area contributed by atoms with Crippen LogP contribution in [0, 0.1) is 5.92 Å². The van der Waals surface area contributed by atoms with Crippen LogP contribution in [-0.4, -0.2) is 37.0 Å². The molecule has 2 aliphatic rings. The molecule has 1 atom stereocenters. The summed E-state index contributed by atoms with van der Waals surface area (Å²) < 4.78 is 0. The lowest BCUT2D eigenvalue weighted by Gasteiger charge is -2.22. The van der Waals surface area contributed by atoms with E-state index in [1.807, 2.05) is 0 Å². The summed E-state index contributed by atoms with van der Waals surface area (Å²) in [5, 5.41) is 6.42. The van der Waals surface area contributed by atoms with E-state index in [9.17, 15) is 4.79 Å². The molecule has 2 aliphatic heterocycles. The lowest BCUT2D eigenvalue weighted by molar-refractivity contribution is -0.125. The number of hydrogen-bond donors (Lipinski definition) is 2. The maximum absolute atomic E-state index is 12.3. The molecule has 3 rings (SSSR count). The van der Waals surface area contributed by atoms with Crippen molar-refractivity contribution in [3.63, 3.8) is 0 Å². The molecule has 2 N–H and O–H groups in total. The Bertz CT molecular complexity index is 517. The van der Waals surface area contributed by atoms with Crippen LogP contribution in [-0.2, 0) is 17.9 Å². The first-order valence-corrected chi connectivity index (χ1v) is 9.60. The maximum Gasteiger partial charge on any atom is 0.224 e. The van der Waals surface area contributed by atoms with Gasteiger partial charge in [0, 0.05) is 19.6 Å². The van der Waals surface area contributed by atoms with Gasteiger partial charge in [0.1, 0.15) is 0 Å². The van der Waals surface area contributed by atoms with Gasteiger partial charge in [-0.3, -0.25) is 9.69 Å². The van der Waals surface area contributed by atoms with E-state index in [1.54, 1.807) is 0 Å². The summed E-state index contributed by atoms with van der Waals surface area (Å²) in [6, 6.07) is 8.70. The Labute approximate surface area is 146 Å². The highest BCUT2D eigenvalue weighted by atomic mass is 16.1. The van der Waals surface area contributed by atoms with Gasteiger partial charge in [0.2, 0.25) is 5.91 Å². The zero-order valence-corrected chi connectivity index (χ0v) is 14.7. The molecule has 132 valence electrons. The third-order valence-electron chi connectivity index (χ3n) is 5.23.